The van der Waals surface area contributed by atoms with Crippen LogP contribution in [0.3, 0.4) is 0 Å². The highest BCUT2D eigenvalue weighted by Gasteiger charge is 2.16. The van der Waals surface area contributed by atoms with Crippen LogP contribution in [-0.4, -0.2) is 36.4 Å². The molecule has 0 aliphatic heterocycles. The molecule has 0 aliphatic rings. The minimum Gasteiger partial charge on any atom is -0.462 e. The first-order valence-electron chi connectivity index (χ1n) is 28.8. The molecule has 0 rings (SSSR count). The van der Waals surface area contributed by atoms with Crippen molar-refractivity contribution in [3.8, 4) is 0 Å². The van der Waals surface area contributed by atoms with Crippen LogP contribution in [0.1, 0.15) is 296 Å². The van der Waals surface area contributed by atoms with Crippen LogP contribution in [0.2, 0.25) is 0 Å². The van der Waals surface area contributed by atoms with Gasteiger partial charge in [0.05, 0.1) is 6.61 Å². The van der Waals surface area contributed by atoms with Gasteiger partial charge in [0.25, 0.3) is 0 Å². The summed E-state index contributed by atoms with van der Waals surface area (Å²) in [5, 5.41) is 9.62. The maximum Gasteiger partial charge on any atom is 0.306 e. The number of ether oxygens (including phenoxy) is 2. The normalized spacial score (nSPS) is 12.6. The topological polar surface area (TPSA) is 72.8 Å². The number of hydrogen-bond donors (Lipinski definition) is 1. The van der Waals surface area contributed by atoms with Gasteiger partial charge in [-0.15, -0.1) is 0 Å². The van der Waals surface area contributed by atoms with Gasteiger partial charge in [-0.3, -0.25) is 9.59 Å². The van der Waals surface area contributed by atoms with Crippen LogP contribution in [0.25, 0.3) is 0 Å². The Morgan fingerprint density at radius 2 is 0.652 bits per heavy atom. The van der Waals surface area contributed by atoms with Crippen LogP contribution >= 0.6 is 0 Å². The van der Waals surface area contributed by atoms with E-state index in [0.717, 1.165) is 70.6 Å². The zero-order valence-corrected chi connectivity index (χ0v) is 44.0. The first kappa shape index (κ1) is 63.6. The lowest BCUT2D eigenvalue weighted by Gasteiger charge is -2.15. The fourth-order valence-electron chi connectivity index (χ4n) is 8.53. The summed E-state index contributed by atoms with van der Waals surface area (Å²) in [4.78, 5) is 24.4. The molecule has 0 radical (unpaired) electrons. The molecule has 384 valence electrons. The Balaban J connectivity index is 3.39. The molecule has 0 aromatic heterocycles. The molecule has 0 bridgehead atoms. The van der Waals surface area contributed by atoms with Gasteiger partial charge < -0.3 is 14.6 Å². The van der Waals surface area contributed by atoms with Gasteiger partial charge in [-0.25, -0.2) is 0 Å². The van der Waals surface area contributed by atoms with E-state index in [1.165, 1.54) is 199 Å². The van der Waals surface area contributed by atoms with Crippen molar-refractivity contribution in [2.75, 3.05) is 13.2 Å². The van der Waals surface area contributed by atoms with E-state index in [9.17, 15) is 14.7 Å². The number of rotatable bonds is 53. The zero-order valence-electron chi connectivity index (χ0n) is 44.0. The standard InChI is InChI=1S/C61H110O5/c1-3-5-7-9-11-13-15-17-18-19-20-21-22-23-24-25-26-27-28-29-30-31-32-33-34-35-36-37-38-39-40-41-42-44-46-48-50-52-54-56-61(64)66-59(57-62)58-65-60(63)55-53-51-49-47-45-43-16-14-12-10-8-6-4-2/h5,7,11,13,17-18,20-21,23-24,59,62H,3-4,6,8-10,12,14-16,19,22,25-58H2,1-2H3/b7-5-,13-11-,18-17-,21-20-,24-23-. The number of hydrogen-bond acceptors (Lipinski definition) is 5. The molecular formula is C61H110O5. The zero-order chi connectivity index (χ0) is 47.7. The summed E-state index contributed by atoms with van der Waals surface area (Å²) in [5.74, 6) is -0.575. The van der Waals surface area contributed by atoms with Gasteiger partial charge in [-0.2, -0.15) is 0 Å². The second kappa shape index (κ2) is 56.9. The van der Waals surface area contributed by atoms with Crippen LogP contribution in [-0.2, 0) is 19.1 Å². The van der Waals surface area contributed by atoms with Gasteiger partial charge in [0.2, 0.25) is 0 Å². The number of aliphatic hydroxyl groups excluding tert-OH is 1. The van der Waals surface area contributed by atoms with Crippen molar-refractivity contribution in [1.82, 2.24) is 0 Å². The Kier molecular flexibility index (Phi) is 54.9. The summed E-state index contributed by atoms with van der Waals surface area (Å²) in [5.41, 5.74) is 0. The molecule has 0 fully saturated rings. The van der Waals surface area contributed by atoms with Crippen molar-refractivity contribution in [2.24, 2.45) is 0 Å². The monoisotopic (exact) mass is 923 g/mol. The maximum absolute atomic E-state index is 12.3. The van der Waals surface area contributed by atoms with Crippen LogP contribution in [0, 0.1) is 0 Å². The van der Waals surface area contributed by atoms with Crippen molar-refractivity contribution in [3.63, 3.8) is 0 Å². The summed E-state index contributed by atoms with van der Waals surface area (Å²) in [7, 11) is 0. The molecule has 1 unspecified atom stereocenters. The van der Waals surface area contributed by atoms with E-state index in [4.69, 9.17) is 9.47 Å². The third kappa shape index (κ3) is 54.2. The quantitative estimate of drug-likeness (QED) is 0.0374. The highest BCUT2D eigenvalue weighted by Crippen LogP contribution is 2.17. The van der Waals surface area contributed by atoms with Crippen molar-refractivity contribution >= 4 is 11.9 Å². The molecular weight excluding hydrogens is 813 g/mol. The molecule has 0 saturated carbocycles. The molecule has 0 aromatic rings. The summed E-state index contributed by atoms with van der Waals surface area (Å²) >= 11 is 0. The molecule has 5 nitrogen and oxygen atoms in total. The average Bonchev–Trinajstić information content (AvgIpc) is 3.32. The average molecular weight is 924 g/mol. The van der Waals surface area contributed by atoms with E-state index < -0.39 is 6.10 Å². The SMILES string of the molecule is CC/C=C\C/C=C\C/C=C\C/C=C\C/C=C\CCCCCCCCCCCCCCCCCCCCCCCCCC(=O)OC(CO)COC(=O)CCCCCCCCCCCCCCC. The third-order valence-electron chi connectivity index (χ3n) is 12.8. The second-order valence-electron chi connectivity index (χ2n) is 19.3. The van der Waals surface area contributed by atoms with Crippen LogP contribution in [0.5, 0.6) is 0 Å². The molecule has 66 heavy (non-hydrogen) atoms. The van der Waals surface area contributed by atoms with Crippen LogP contribution < -0.4 is 0 Å². The Bertz CT molecular complexity index is 1130. The fourth-order valence-corrected chi connectivity index (χ4v) is 8.53. The van der Waals surface area contributed by atoms with Crippen molar-refractivity contribution in [2.45, 2.75) is 302 Å². The Labute approximate surface area is 411 Å². The molecule has 1 atom stereocenters. The largest absolute Gasteiger partial charge is 0.462 e. The minimum atomic E-state index is -0.767. The highest BCUT2D eigenvalue weighted by molar-refractivity contribution is 5.70. The first-order valence-corrected chi connectivity index (χ1v) is 28.8. The number of aliphatic hydroxyl groups is 1. The van der Waals surface area contributed by atoms with Gasteiger partial charge in [0, 0.05) is 12.8 Å². The second-order valence-corrected chi connectivity index (χ2v) is 19.3. The lowest BCUT2D eigenvalue weighted by Crippen LogP contribution is -2.28. The van der Waals surface area contributed by atoms with E-state index in [2.05, 4.69) is 74.6 Å². The number of esters is 2. The third-order valence-corrected chi connectivity index (χ3v) is 12.8. The number of unbranched alkanes of at least 4 members (excludes halogenated alkanes) is 35. The number of carbonyl (C=O) groups is 2. The van der Waals surface area contributed by atoms with E-state index >= 15 is 0 Å². The van der Waals surface area contributed by atoms with Crippen molar-refractivity contribution < 1.29 is 24.2 Å². The van der Waals surface area contributed by atoms with Gasteiger partial charge in [-0.05, 0) is 57.8 Å². The highest BCUT2D eigenvalue weighted by atomic mass is 16.6. The Hall–Kier alpha value is -2.40. The van der Waals surface area contributed by atoms with E-state index in [-0.39, 0.29) is 25.2 Å². The van der Waals surface area contributed by atoms with E-state index in [1.807, 2.05) is 0 Å². The van der Waals surface area contributed by atoms with Crippen LogP contribution in [0.15, 0.2) is 60.8 Å². The number of allylic oxidation sites excluding steroid dienone is 10. The smallest absolute Gasteiger partial charge is 0.306 e. The van der Waals surface area contributed by atoms with E-state index in [0.29, 0.717) is 12.8 Å². The Morgan fingerprint density at radius 3 is 0.985 bits per heavy atom. The van der Waals surface area contributed by atoms with E-state index in [1.54, 1.807) is 0 Å². The summed E-state index contributed by atoms with van der Waals surface area (Å²) < 4.78 is 10.7. The molecule has 0 aromatic carbocycles. The summed E-state index contributed by atoms with van der Waals surface area (Å²) in [6.07, 6.45) is 76.5. The molecule has 5 heteroatoms. The van der Waals surface area contributed by atoms with Gasteiger partial charge in [0.1, 0.15) is 6.61 Å². The Morgan fingerprint density at radius 1 is 0.364 bits per heavy atom. The summed E-state index contributed by atoms with van der Waals surface area (Å²) in [6, 6.07) is 0. The molecule has 1 N–H and O–H groups in total. The molecule has 0 spiro atoms. The first-order chi connectivity index (χ1) is 32.6. The molecule has 0 aliphatic carbocycles. The lowest BCUT2D eigenvalue weighted by atomic mass is 10.0. The predicted octanol–water partition coefficient (Wildman–Crippen LogP) is 19.4. The van der Waals surface area contributed by atoms with Crippen molar-refractivity contribution in [3.05, 3.63) is 60.8 Å². The molecule has 0 amide bonds. The van der Waals surface area contributed by atoms with Gasteiger partial charge in [-0.1, -0.05) is 286 Å². The minimum absolute atomic E-state index is 0.0602. The van der Waals surface area contributed by atoms with Gasteiger partial charge in [0.15, 0.2) is 6.10 Å². The maximum atomic E-state index is 12.3. The predicted molar refractivity (Wildman–Crippen MR) is 288 cm³/mol. The molecule has 0 heterocycles. The van der Waals surface area contributed by atoms with Crippen LogP contribution in [0.4, 0.5) is 0 Å². The number of carbonyl (C=O) groups excluding carboxylic acids is 2. The molecule has 0 saturated heterocycles. The van der Waals surface area contributed by atoms with Gasteiger partial charge >= 0.3 is 11.9 Å². The summed E-state index contributed by atoms with van der Waals surface area (Å²) in [6.45, 7) is 4.05. The van der Waals surface area contributed by atoms with Crippen molar-refractivity contribution in [1.29, 1.82) is 0 Å². The fraction of sp³-hybridized carbons (Fsp3) is 0.803. The lowest BCUT2D eigenvalue weighted by molar-refractivity contribution is -0.161.